The second kappa shape index (κ2) is 7.09. The van der Waals surface area contributed by atoms with E-state index in [0.29, 0.717) is 18.0 Å². The van der Waals surface area contributed by atoms with Gasteiger partial charge >= 0.3 is 0 Å². The van der Waals surface area contributed by atoms with Crippen molar-refractivity contribution in [2.45, 2.75) is 19.3 Å². The van der Waals surface area contributed by atoms with E-state index in [1.807, 2.05) is 12.1 Å². The third-order valence-corrected chi connectivity index (χ3v) is 3.19. The maximum absolute atomic E-state index is 11.5. The van der Waals surface area contributed by atoms with Crippen LogP contribution in [0, 0.1) is 3.57 Å². The van der Waals surface area contributed by atoms with Crippen LogP contribution in [-0.2, 0) is 4.79 Å². The van der Waals surface area contributed by atoms with Gasteiger partial charge in [-0.3, -0.25) is 4.79 Å². The Hall–Kier alpha value is -0.330. The van der Waals surface area contributed by atoms with E-state index in [4.69, 9.17) is 17.3 Å². The SMILES string of the molecule is NCCCCC(=O)Nc1ccc(Cl)cc1I. The number of anilines is 1. The van der Waals surface area contributed by atoms with E-state index in [1.54, 1.807) is 6.07 Å². The van der Waals surface area contributed by atoms with Crippen molar-refractivity contribution in [3.8, 4) is 0 Å². The van der Waals surface area contributed by atoms with Crippen molar-refractivity contribution < 1.29 is 4.79 Å². The summed E-state index contributed by atoms with van der Waals surface area (Å²) in [5, 5.41) is 3.52. The van der Waals surface area contributed by atoms with Crippen molar-refractivity contribution in [2.75, 3.05) is 11.9 Å². The van der Waals surface area contributed by atoms with Crippen molar-refractivity contribution in [3.05, 3.63) is 26.8 Å². The summed E-state index contributed by atoms with van der Waals surface area (Å²) >= 11 is 7.97. The molecule has 0 radical (unpaired) electrons. The minimum Gasteiger partial charge on any atom is -0.330 e. The molecule has 1 amide bonds. The van der Waals surface area contributed by atoms with Crippen molar-refractivity contribution in [2.24, 2.45) is 5.73 Å². The van der Waals surface area contributed by atoms with Gasteiger partial charge in [0.1, 0.15) is 0 Å². The first-order valence-corrected chi connectivity index (χ1v) is 6.54. The van der Waals surface area contributed by atoms with Crippen LogP contribution in [0.3, 0.4) is 0 Å². The summed E-state index contributed by atoms with van der Waals surface area (Å²) in [6.07, 6.45) is 2.22. The quantitative estimate of drug-likeness (QED) is 0.632. The van der Waals surface area contributed by atoms with Crippen LogP contribution in [0.25, 0.3) is 0 Å². The average molecular weight is 353 g/mol. The van der Waals surface area contributed by atoms with Crippen LogP contribution in [0.15, 0.2) is 18.2 Å². The Morgan fingerprint density at radius 1 is 1.44 bits per heavy atom. The summed E-state index contributed by atoms with van der Waals surface area (Å²) in [6.45, 7) is 0.631. The molecule has 0 saturated carbocycles. The first kappa shape index (κ1) is 13.7. The Morgan fingerprint density at radius 3 is 2.81 bits per heavy atom. The molecule has 0 saturated heterocycles. The second-order valence-electron chi connectivity index (χ2n) is 3.42. The molecule has 0 atom stereocenters. The molecule has 1 aromatic carbocycles. The molecule has 0 unspecified atom stereocenters. The summed E-state index contributed by atoms with van der Waals surface area (Å²) < 4.78 is 0.942. The zero-order valence-electron chi connectivity index (χ0n) is 8.80. The standard InChI is InChI=1S/C11H14ClIN2O/c12-8-4-5-10(9(13)7-8)15-11(16)3-1-2-6-14/h4-5,7H,1-3,6,14H2,(H,15,16). The number of rotatable bonds is 5. The summed E-state index contributed by atoms with van der Waals surface area (Å²) in [5.41, 5.74) is 6.17. The van der Waals surface area contributed by atoms with E-state index in [-0.39, 0.29) is 5.91 Å². The van der Waals surface area contributed by atoms with E-state index >= 15 is 0 Å². The maximum atomic E-state index is 11.5. The van der Waals surface area contributed by atoms with Crippen LogP contribution in [0.5, 0.6) is 0 Å². The minimum atomic E-state index is 0.0219. The van der Waals surface area contributed by atoms with Crippen molar-refractivity contribution in [1.82, 2.24) is 0 Å². The normalized spacial score (nSPS) is 10.2. The molecule has 0 heterocycles. The molecule has 0 spiro atoms. The highest BCUT2D eigenvalue weighted by Crippen LogP contribution is 2.22. The summed E-state index contributed by atoms with van der Waals surface area (Å²) in [4.78, 5) is 11.5. The van der Waals surface area contributed by atoms with Crippen molar-refractivity contribution >= 4 is 45.8 Å². The third-order valence-electron chi connectivity index (χ3n) is 2.06. The predicted molar refractivity (Wildman–Crippen MR) is 75.7 cm³/mol. The predicted octanol–water partition coefficient (Wildman–Crippen LogP) is 3.01. The molecule has 1 aromatic rings. The van der Waals surface area contributed by atoms with Crippen LogP contribution < -0.4 is 11.1 Å². The molecular weight excluding hydrogens is 338 g/mol. The Bertz CT molecular complexity index is 371. The second-order valence-corrected chi connectivity index (χ2v) is 5.02. The number of nitrogens with two attached hydrogens (primary N) is 1. The van der Waals surface area contributed by atoms with Crippen LogP contribution >= 0.6 is 34.2 Å². The number of hydrogen-bond acceptors (Lipinski definition) is 2. The number of halogens is 2. The molecule has 0 aromatic heterocycles. The molecular formula is C11H14ClIN2O. The molecule has 1 rings (SSSR count). The monoisotopic (exact) mass is 352 g/mol. The van der Waals surface area contributed by atoms with Crippen molar-refractivity contribution in [1.29, 1.82) is 0 Å². The molecule has 0 aliphatic heterocycles. The number of amides is 1. The van der Waals surface area contributed by atoms with Gasteiger partial charge in [0.15, 0.2) is 0 Å². The maximum Gasteiger partial charge on any atom is 0.224 e. The van der Waals surface area contributed by atoms with E-state index < -0.39 is 0 Å². The molecule has 3 N–H and O–H groups in total. The summed E-state index contributed by atoms with van der Waals surface area (Å²) in [6, 6.07) is 5.39. The van der Waals surface area contributed by atoms with E-state index in [0.717, 1.165) is 22.1 Å². The van der Waals surface area contributed by atoms with Crippen LogP contribution in [-0.4, -0.2) is 12.5 Å². The van der Waals surface area contributed by atoms with Gasteiger partial charge in [-0.05, 0) is 60.2 Å². The van der Waals surface area contributed by atoms with Crippen LogP contribution in [0.1, 0.15) is 19.3 Å². The number of benzene rings is 1. The van der Waals surface area contributed by atoms with Gasteiger partial charge < -0.3 is 11.1 Å². The number of nitrogens with one attached hydrogen (secondary N) is 1. The lowest BCUT2D eigenvalue weighted by atomic mass is 10.2. The van der Waals surface area contributed by atoms with Gasteiger partial charge in [-0.1, -0.05) is 11.6 Å². The smallest absolute Gasteiger partial charge is 0.224 e. The zero-order valence-corrected chi connectivity index (χ0v) is 11.7. The molecule has 0 aliphatic rings. The Balaban J connectivity index is 2.49. The molecule has 0 aliphatic carbocycles. The number of carbonyl (C=O) groups is 1. The Morgan fingerprint density at radius 2 is 2.19 bits per heavy atom. The largest absolute Gasteiger partial charge is 0.330 e. The summed E-state index contributed by atoms with van der Waals surface area (Å²) in [7, 11) is 0. The summed E-state index contributed by atoms with van der Waals surface area (Å²) in [5.74, 6) is 0.0219. The van der Waals surface area contributed by atoms with Gasteiger partial charge in [0.05, 0.1) is 5.69 Å². The molecule has 88 valence electrons. The van der Waals surface area contributed by atoms with E-state index in [2.05, 4.69) is 27.9 Å². The van der Waals surface area contributed by atoms with Gasteiger partial charge in [0.25, 0.3) is 0 Å². The highest BCUT2D eigenvalue weighted by molar-refractivity contribution is 14.1. The first-order valence-electron chi connectivity index (χ1n) is 5.08. The highest BCUT2D eigenvalue weighted by atomic mass is 127. The number of hydrogen-bond donors (Lipinski definition) is 2. The fourth-order valence-electron chi connectivity index (χ4n) is 1.23. The van der Waals surface area contributed by atoms with Crippen molar-refractivity contribution in [3.63, 3.8) is 0 Å². The topological polar surface area (TPSA) is 55.1 Å². The van der Waals surface area contributed by atoms with E-state index in [9.17, 15) is 4.79 Å². The van der Waals surface area contributed by atoms with Gasteiger partial charge in [-0.2, -0.15) is 0 Å². The lowest BCUT2D eigenvalue weighted by molar-refractivity contribution is -0.116. The molecule has 16 heavy (non-hydrogen) atoms. The fraction of sp³-hybridized carbons (Fsp3) is 0.364. The minimum absolute atomic E-state index is 0.0219. The van der Waals surface area contributed by atoms with Gasteiger partial charge in [-0.15, -0.1) is 0 Å². The molecule has 0 bridgehead atoms. The fourth-order valence-corrected chi connectivity index (χ4v) is 2.24. The molecule has 3 nitrogen and oxygen atoms in total. The first-order chi connectivity index (χ1) is 7.63. The number of unbranched alkanes of at least 4 members (excludes halogenated alkanes) is 1. The number of carbonyl (C=O) groups excluding carboxylic acids is 1. The van der Waals surface area contributed by atoms with Gasteiger partial charge in [0, 0.05) is 15.0 Å². The van der Waals surface area contributed by atoms with Gasteiger partial charge in [-0.25, -0.2) is 0 Å². The average Bonchev–Trinajstić information content (AvgIpc) is 2.23. The van der Waals surface area contributed by atoms with Crippen LogP contribution in [0.4, 0.5) is 5.69 Å². The Kier molecular flexibility index (Phi) is 6.08. The lowest BCUT2D eigenvalue weighted by Crippen LogP contribution is -2.12. The van der Waals surface area contributed by atoms with E-state index in [1.165, 1.54) is 0 Å². The highest BCUT2D eigenvalue weighted by Gasteiger charge is 2.05. The lowest BCUT2D eigenvalue weighted by Gasteiger charge is -2.07. The molecule has 5 heteroatoms. The van der Waals surface area contributed by atoms with Crippen LogP contribution in [0.2, 0.25) is 5.02 Å². The molecule has 0 fully saturated rings. The Labute approximate surface area is 114 Å². The zero-order chi connectivity index (χ0) is 12.0. The van der Waals surface area contributed by atoms with Gasteiger partial charge in [0.2, 0.25) is 5.91 Å². The third kappa shape index (κ3) is 4.67.